The molecular weight excluding hydrogens is 388 g/mol. The van der Waals surface area contributed by atoms with Gasteiger partial charge in [-0.2, -0.15) is 5.26 Å². The average Bonchev–Trinajstić information content (AvgIpc) is 3.24. The van der Waals surface area contributed by atoms with Crippen LogP contribution in [0, 0.1) is 11.3 Å². The molecule has 0 amide bonds. The first-order valence-electron chi connectivity index (χ1n) is 8.72. The van der Waals surface area contributed by atoms with E-state index in [2.05, 4.69) is 4.98 Å². The molecule has 0 fully saturated rings. The van der Waals surface area contributed by atoms with Crippen molar-refractivity contribution in [1.29, 1.82) is 5.26 Å². The fourth-order valence-corrected chi connectivity index (χ4v) is 3.27. The van der Waals surface area contributed by atoms with Gasteiger partial charge in [0.1, 0.15) is 17.7 Å². The van der Waals surface area contributed by atoms with Crippen LogP contribution >= 0.6 is 11.3 Å². The van der Waals surface area contributed by atoms with E-state index in [1.54, 1.807) is 24.3 Å². The van der Waals surface area contributed by atoms with Crippen LogP contribution in [-0.4, -0.2) is 24.7 Å². The van der Waals surface area contributed by atoms with Crippen molar-refractivity contribution in [2.45, 2.75) is 6.61 Å². The molecular formula is C22H18N2O4S. The van der Waals surface area contributed by atoms with Gasteiger partial charge in [-0.05, 0) is 23.8 Å². The summed E-state index contributed by atoms with van der Waals surface area (Å²) < 4.78 is 15.8. The first-order valence-corrected chi connectivity index (χ1v) is 9.60. The van der Waals surface area contributed by atoms with Crippen molar-refractivity contribution >= 4 is 23.4 Å². The number of aromatic nitrogens is 1. The van der Waals surface area contributed by atoms with Crippen LogP contribution in [0.3, 0.4) is 0 Å². The average molecular weight is 406 g/mol. The van der Waals surface area contributed by atoms with Gasteiger partial charge in [-0.3, -0.25) is 0 Å². The summed E-state index contributed by atoms with van der Waals surface area (Å²) >= 11 is 1.51. The van der Waals surface area contributed by atoms with E-state index in [9.17, 15) is 4.79 Å². The summed E-state index contributed by atoms with van der Waals surface area (Å²) in [6, 6.07) is 16.9. The Balaban J connectivity index is 1.56. The quantitative estimate of drug-likeness (QED) is 0.405. The number of esters is 1. The molecule has 0 saturated heterocycles. The second-order valence-corrected chi connectivity index (χ2v) is 6.67. The van der Waals surface area contributed by atoms with E-state index in [4.69, 9.17) is 19.5 Å². The fraction of sp³-hybridized carbons (Fsp3) is 0.136. The topological polar surface area (TPSA) is 81.4 Å². The molecule has 29 heavy (non-hydrogen) atoms. The van der Waals surface area contributed by atoms with Crippen LogP contribution in [0.1, 0.15) is 11.3 Å². The minimum atomic E-state index is -0.469. The lowest BCUT2D eigenvalue weighted by Crippen LogP contribution is -2.01. The Morgan fingerprint density at radius 3 is 2.79 bits per heavy atom. The third kappa shape index (κ3) is 5.67. The number of rotatable bonds is 8. The van der Waals surface area contributed by atoms with Crippen LogP contribution in [0.25, 0.3) is 16.6 Å². The summed E-state index contributed by atoms with van der Waals surface area (Å²) in [5.74, 6) is 0.473. The maximum Gasteiger partial charge on any atom is 0.331 e. The van der Waals surface area contributed by atoms with Crippen molar-refractivity contribution in [2.24, 2.45) is 0 Å². The number of hydrogen-bond donors (Lipinski definition) is 0. The molecule has 0 aliphatic carbocycles. The van der Waals surface area contributed by atoms with Gasteiger partial charge in [-0.1, -0.05) is 36.4 Å². The van der Waals surface area contributed by atoms with Gasteiger partial charge in [0.2, 0.25) is 0 Å². The van der Waals surface area contributed by atoms with Gasteiger partial charge in [0, 0.05) is 17.0 Å². The number of benzene rings is 2. The Morgan fingerprint density at radius 1 is 1.21 bits per heavy atom. The molecule has 1 heterocycles. The van der Waals surface area contributed by atoms with Gasteiger partial charge < -0.3 is 14.2 Å². The molecule has 3 aromatic rings. The van der Waals surface area contributed by atoms with Crippen molar-refractivity contribution in [2.75, 3.05) is 13.7 Å². The minimum absolute atomic E-state index is 0.0690. The Bertz CT molecular complexity index is 1040. The van der Waals surface area contributed by atoms with E-state index in [0.717, 1.165) is 16.1 Å². The Labute approximate surface area is 172 Å². The summed E-state index contributed by atoms with van der Waals surface area (Å²) in [5, 5.41) is 11.4. The molecule has 0 saturated carbocycles. The van der Waals surface area contributed by atoms with Crippen molar-refractivity contribution in [3.05, 3.63) is 71.2 Å². The number of thiazole rings is 1. The second-order valence-electron chi connectivity index (χ2n) is 5.81. The number of nitrogens with zero attached hydrogens (tertiary/aromatic N) is 2. The highest BCUT2D eigenvalue weighted by atomic mass is 32.1. The maximum atomic E-state index is 12.0. The standard InChI is InChI=1S/C22H18N2O4S/c1-26-20-13-16(7-9-19(20)27-12-11-23)8-10-21(25)28-14-18-15-29-22(24-18)17-5-3-2-4-6-17/h2-10,13,15H,12,14H2,1H3. The highest BCUT2D eigenvalue weighted by Crippen LogP contribution is 2.28. The van der Waals surface area contributed by atoms with Crippen LogP contribution < -0.4 is 9.47 Å². The highest BCUT2D eigenvalue weighted by molar-refractivity contribution is 7.13. The lowest BCUT2D eigenvalue weighted by molar-refractivity contribution is -0.139. The van der Waals surface area contributed by atoms with Crippen LogP contribution in [0.5, 0.6) is 11.5 Å². The van der Waals surface area contributed by atoms with E-state index >= 15 is 0 Å². The van der Waals surface area contributed by atoms with Crippen molar-refractivity contribution in [1.82, 2.24) is 4.98 Å². The van der Waals surface area contributed by atoms with Crippen LogP contribution in [0.2, 0.25) is 0 Å². The lowest BCUT2D eigenvalue weighted by atomic mass is 10.2. The molecule has 0 aliphatic rings. The monoisotopic (exact) mass is 406 g/mol. The van der Waals surface area contributed by atoms with Crippen molar-refractivity contribution in [3.63, 3.8) is 0 Å². The highest BCUT2D eigenvalue weighted by Gasteiger charge is 2.07. The Morgan fingerprint density at radius 2 is 2.03 bits per heavy atom. The lowest BCUT2D eigenvalue weighted by Gasteiger charge is -2.08. The zero-order valence-electron chi connectivity index (χ0n) is 15.7. The van der Waals surface area contributed by atoms with E-state index in [0.29, 0.717) is 17.2 Å². The van der Waals surface area contributed by atoms with Gasteiger partial charge >= 0.3 is 5.97 Å². The van der Waals surface area contributed by atoms with E-state index < -0.39 is 5.97 Å². The van der Waals surface area contributed by atoms with Crippen LogP contribution in [0.4, 0.5) is 0 Å². The van der Waals surface area contributed by atoms with Crippen LogP contribution in [-0.2, 0) is 16.1 Å². The molecule has 0 radical (unpaired) electrons. The third-order valence-electron chi connectivity index (χ3n) is 3.83. The largest absolute Gasteiger partial charge is 0.493 e. The molecule has 0 bridgehead atoms. The fourth-order valence-electron chi connectivity index (χ4n) is 2.46. The van der Waals surface area contributed by atoms with Gasteiger partial charge in [0.05, 0.1) is 12.8 Å². The summed E-state index contributed by atoms with van der Waals surface area (Å²) in [7, 11) is 1.51. The zero-order valence-corrected chi connectivity index (χ0v) is 16.5. The SMILES string of the molecule is COc1cc(C=CC(=O)OCc2csc(-c3ccccc3)n2)ccc1OCC#N. The van der Waals surface area contributed by atoms with Crippen molar-refractivity contribution < 1.29 is 19.0 Å². The minimum Gasteiger partial charge on any atom is -0.493 e. The number of nitriles is 1. The number of carbonyl (C=O) groups excluding carboxylic acids is 1. The Hall–Kier alpha value is -3.63. The smallest absolute Gasteiger partial charge is 0.331 e. The number of hydrogen-bond acceptors (Lipinski definition) is 7. The molecule has 0 aliphatic heterocycles. The van der Waals surface area contributed by atoms with E-state index in [-0.39, 0.29) is 13.2 Å². The summed E-state index contributed by atoms with van der Waals surface area (Å²) in [5.41, 5.74) is 2.48. The van der Waals surface area contributed by atoms with Crippen molar-refractivity contribution in [3.8, 4) is 28.1 Å². The molecule has 0 atom stereocenters. The van der Waals surface area contributed by atoms with Gasteiger partial charge in [0.25, 0.3) is 0 Å². The molecule has 0 N–H and O–H groups in total. The molecule has 0 spiro atoms. The molecule has 1 aromatic heterocycles. The summed E-state index contributed by atoms with van der Waals surface area (Å²) in [4.78, 5) is 16.5. The van der Waals surface area contributed by atoms with Gasteiger partial charge in [-0.25, -0.2) is 9.78 Å². The predicted molar refractivity (Wildman–Crippen MR) is 110 cm³/mol. The summed E-state index contributed by atoms with van der Waals surface area (Å²) in [6.45, 7) is 0.0389. The first kappa shape index (κ1) is 20.1. The van der Waals surface area contributed by atoms with E-state index in [1.165, 1.54) is 24.5 Å². The molecule has 6 nitrogen and oxygen atoms in total. The van der Waals surface area contributed by atoms with Gasteiger partial charge in [0.15, 0.2) is 18.1 Å². The van der Waals surface area contributed by atoms with Gasteiger partial charge in [-0.15, -0.1) is 11.3 Å². The predicted octanol–water partition coefficient (Wildman–Crippen LogP) is 4.48. The second kappa shape index (κ2) is 10.1. The van der Waals surface area contributed by atoms with E-state index in [1.807, 2.05) is 41.8 Å². The molecule has 146 valence electrons. The number of carbonyl (C=O) groups is 1. The molecule has 0 unspecified atom stereocenters. The number of ether oxygens (including phenoxy) is 3. The third-order valence-corrected chi connectivity index (χ3v) is 4.77. The van der Waals surface area contributed by atoms with Crippen LogP contribution in [0.15, 0.2) is 60.0 Å². The number of methoxy groups -OCH3 is 1. The normalized spacial score (nSPS) is 10.5. The first-order chi connectivity index (χ1) is 14.2. The summed E-state index contributed by atoms with van der Waals surface area (Å²) in [6.07, 6.45) is 2.96. The molecule has 3 rings (SSSR count). The maximum absolute atomic E-state index is 12.0. The zero-order chi connectivity index (χ0) is 20.5. The Kier molecular flexibility index (Phi) is 6.98. The molecule has 7 heteroatoms. The molecule has 2 aromatic carbocycles.